The van der Waals surface area contributed by atoms with Crippen LogP contribution in [-0.4, -0.2) is 50.8 Å². The Kier molecular flexibility index (Phi) is 3.92. The highest BCUT2D eigenvalue weighted by atomic mass is 16.5. The first-order valence-corrected chi connectivity index (χ1v) is 6.83. The van der Waals surface area contributed by atoms with E-state index in [1.54, 1.807) is 24.3 Å². The third-order valence-electron chi connectivity index (χ3n) is 3.59. The van der Waals surface area contributed by atoms with E-state index in [1.807, 2.05) is 6.20 Å². The molecule has 0 N–H and O–H groups in total. The van der Waals surface area contributed by atoms with E-state index in [4.69, 9.17) is 4.74 Å². The van der Waals surface area contributed by atoms with E-state index in [0.717, 1.165) is 12.4 Å². The maximum atomic E-state index is 12.6. The highest BCUT2D eigenvalue weighted by Crippen LogP contribution is 2.17. The Balaban J connectivity index is 1.86. The number of hydrogen-bond acceptors (Lipinski definition) is 5. The van der Waals surface area contributed by atoms with Gasteiger partial charge in [0.2, 0.25) is 0 Å². The minimum atomic E-state index is -0.0533. The molecule has 0 aliphatic carbocycles. The number of nitrogens with zero attached hydrogens (tertiary/aromatic N) is 5. The molecule has 0 radical (unpaired) electrons. The van der Waals surface area contributed by atoms with Gasteiger partial charge in [0.05, 0.1) is 31.1 Å². The van der Waals surface area contributed by atoms with Crippen LogP contribution in [0, 0.1) is 5.92 Å². The van der Waals surface area contributed by atoms with Crippen LogP contribution in [-0.2, 0) is 17.8 Å². The Bertz CT molecular complexity index is 613. The van der Waals surface area contributed by atoms with E-state index in [0.29, 0.717) is 25.3 Å². The molecule has 110 valence electrons. The summed E-state index contributed by atoms with van der Waals surface area (Å²) in [5.41, 5.74) is 0.543. The lowest BCUT2D eigenvalue weighted by atomic mass is 10.1. The number of methoxy groups -OCH3 is 1. The molecule has 0 fully saturated rings. The van der Waals surface area contributed by atoms with Crippen molar-refractivity contribution in [3.63, 3.8) is 0 Å². The molecule has 1 amide bonds. The Hall–Kier alpha value is -2.28. The maximum absolute atomic E-state index is 12.6. The monoisotopic (exact) mass is 287 g/mol. The molecule has 7 heteroatoms. The fourth-order valence-electron chi connectivity index (χ4n) is 2.64. The van der Waals surface area contributed by atoms with Crippen molar-refractivity contribution < 1.29 is 9.53 Å². The molecule has 2 aromatic heterocycles. The van der Waals surface area contributed by atoms with Crippen molar-refractivity contribution in [2.45, 2.75) is 13.1 Å². The topological polar surface area (TPSA) is 73.1 Å². The van der Waals surface area contributed by atoms with Crippen LogP contribution >= 0.6 is 0 Å². The minimum Gasteiger partial charge on any atom is -0.384 e. The third-order valence-corrected chi connectivity index (χ3v) is 3.59. The van der Waals surface area contributed by atoms with Crippen LogP contribution in [0.3, 0.4) is 0 Å². The summed E-state index contributed by atoms with van der Waals surface area (Å²) in [5.74, 6) is 1.08. The summed E-state index contributed by atoms with van der Waals surface area (Å²) in [6.07, 6.45) is 6.73. The van der Waals surface area contributed by atoms with Gasteiger partial charge in [0.25, 0.3) is 5.91 Å². The number of rotatable bonds is 3. The fourth-order valence-corrected chi connectivity index (χ4v) is 2.64. The summed E-state index contributed by atoms with van der Waals surface area (Å²) in [4.78, 5) is 18.8. The molecular weight excluding hydrogens is 270 g/mol. The van der Waals surface area contributed by atoms with Crippen LogP contribution < -0.4 is 0 Å². The number of aromatic nitrogens is 4. The lowest BCUT2D eigenvalue weighted by molar-refractivity contribution is 0.0665. The van der Waals surface area contributed by atoms with Crippen LogP contribution in [0.25, 0.3) is 0 Å². The van der Waals surface area contributed by atoms with Crippen molar-refractivity contribution in [3.05, 3.63) is 42.2 Å². The third kappa shape index (κ3) is 2.92. The lowest BCUT2D eigenvalue weighted by Crippen LogP contribution is -2.35. The average molecular weight is 287 g/mol. The van der Waals surface area contributed by atoms with Crippen LogP contribution in [0.1, 0.15) is 16.2 Å². The first-order valence-electron chi connectivity index (χ1n) is 6.83. The molecule has 0 saturated heterocycles. The summed E-state index contributed by atoms with van der Waals surface area (Å²) >= 11 is 0. The van der Waals surface area contributed by atoms with Gasteiger partial charge in [-0.1, -0.05) is 0 Å². The number of imidazole rings is 1. The van der Waals surface area contributed by atoms with Gasteiger partial charge < -0.3 is 14.2 Å². The highest BCUT2D eigenvalue weighted by molar-refractivity contribution is 5.93. The van der Waals surface area contributed by atoms with Gasteiger partial charge in [0.15, 0.2) is 0 Å². The van der Waals surface area contributed by atoms with Gasteiger partial charge in [-0.05, 0) is 6.07 Å². The first-order chi connectivity index (χ1) is 10.3. The number of ether oxygens (including phenoxy) is 1. The molecule has 1 aliphatic heterocycles. The molecule has 2 aromatic rings. The zero-order chi connectivity index (χ0) is 14.7. The van der Waals surface area contributed by atoms with E-state index in [1.165, 1.54) is 12.4 Å². The highest BCUT2D eigenvalue weighted by Gasteiger charge is 2.26. The molecular formula is C14H17N5O2. The van der Waals surface area contributed by atoms with Gasteiger partial charge in [0.1, 0.15) is 5.82 Å². The van der Waals surface area contributed by atoms with Gasteiger partial charge in [-0.3, -0.25) is 4.79 Å². The average Bonchev–Trinajstić information content (AvgIpc) is 2.86. The van der Waals surface area contributed by atoms with E-state index in [-0.39, 0.29) is 11.8 Å². The number of amides is 1. The number of fused-ring (bicyclic) bond motifs is 1. The second kappa shape index (κ2) is 6.01. The summed E-state index contributed by atoms with van der Waals surface area (Å²) in [5, 5.41) is 7.48. The number of carbonyl (C=O) groups is 1. The van der Waals surface area contributed by atoms with Crippen molar-refractivity contribution in [2.24, 2.45) is 5.92 Å². The van der Waals surface area contributed by atoms with E-state index < -0.39 is 0 Å². The van der Waals surface area contributed by atoms with E-state index >= 15 is 0 Å². The zero-order valence-corrected chi connectivity index (χ0v) is 11.8. The molecule has 7 nitrogen and oxygen atoms in total. The molecule has 0 bridgehead atoms. The zero-order valence-electron chi connectivity index (χ0n) is 11.8. The van der Waals surface area contributed by atoms with Crippen LogP contribution in [0.4, 0.5) is 0 Å². The predicted octanol–water partition coefficient (Wildman–Crippen LogP) is 0.592. The molecule has 0 spiro atoms. The first kappa shape index (κ1) is 13.7. The Morgan fingerprint density at radius 2 is 2.29 bits per heavy atom. The minimum absolute atomic E-state index is 0.0533. The smallest absolute Gasteiger partial charge is 0.255 e. The molecule has 3 rings (SSSR count). The molecule has 1 aliphatic rings. The maximum Gasteiger partial charge on any atom is 0.255 e. The normalized spacial score (nSPS) is 18.1. The van der Waals surface area contributed by atoms with Gasteiger partial charge >= 0.3 is 0 Å². The Labute approximate surface area is 122 Å². The second-order valence-corrected chi connectivity index (χ2v) is 5.13. The predicted molar refractivity (Wildman–Crippen MR) is 74.4 cm³/mol. The summed E-state index contributed by atoms with van der Waals surface area (Å²) in [6, 6.07) is 1.68. The van der Waals surface area contributed by atoms with Crippen molar-refractivity contribution >= 4 is 5.91 Å². The molecule has 0 aromatic carbocycles. The number of carbonyl (C=O) groups excluding carboxylic acids is 1. The van der Waals surface area contributed by atoms with E-state index in [2.05, 4.69) is 19.7 Å². The Morgan fingerprint density at radius 3 is 3.05 bits per heavy atom. The molecule has 0 unspecified atom stereocenters. The molecule has 21 heavy (non-hydrogen) atoms. The number of hydrogen-bond donors (Lipinski definition) is 0. The molecule has 1 atom stereocenters. The quantitative estimate of drug-likeness (QED) is 0.826. The van der Waals surface area contributed by atoms with Crippen molar-refractivity contribution in [1.82, 2.24) is 24.6 Å². The molecule has 3 heterocycles. The van der Waals surface area contributed by atoms with Crippen molar-refractivity contribution in [1.29, 1.82) is 0 Å². The van der Waals surface area contributed by atoms with E-state index in [9.17, 15) is 4.79 Å². The largest absolute Gasteiger partial charge is 0.384 e. The van der Waals surface area contributed by atoms with Crippen molar-refractivity contribution in [3.8, 4) is 0 Å². The standard InChI is InChI=1S/C14H17N5O2/c1-21-10-11-7-18-5-4-15-13(18)9-19(8-11)14(20)12-2-3-16-17-6-12/h2-6,11H,7-10H2,1H3/t11-/m0/s1. The van der Waals surface area contributed by atoms with Crippen LogP contribution in [0.2, 0.25) is 0 Å². The Morgan fingerprint density at radius 1 is 1.38 bits per heavy atom. The lowest BCUT2D eigenvalue weighted by Gasteiger charge is -2.23. The fraction of sp³-hybridized carbons (Fsp3) is 0.429. The van der Waals surface area contributed by atoms with Gasteiger partial charge in [-0.25, -0.2) is 4.98 Å². The van der Waals surface area contributed by atoms with Crippen molar-refractivity contribution in [2.75, 3.05) is 20.3 Å². The van der Waals surface area contributed by atoms with Crippen LogP contribution in [0.15, 0.2) is 30.9 Å². The summed E-state index contributed by atoms with van der Waals surface area (Å²) in [7, 11) is 1.68. The SMILES string of the molecule is COC[C@@H]1CN(C(=O)c2ccnnc2)Cc2nccn2C1. The molecule has 0 saturated carbocycles. The van der Waals surface area contributed by atoms with Gasteiger partial charge in [0, 0.05) is 38.5 Å². The second-order valence-electron chi connectivity index (χ2n) is 5.13. The van der Waals surface area contributed by atoms with Gasteiger partial charge in [-0.15, -0.1) is 0 Å². The summed E-state index contributed by atoms with van der Waals surface area (Å²) < 4.78 is 7.35. The van der Waals surface area contributed by atoms with Gasteiger partial charge in [-0.2, -0.15) is 10.2 Å². The summed E-state index contributed by atoms with van der Waals surface area (Å²) in [6.45, 7) is 2.55. The van der Waals surface area contributed by atoms with Crippen LogP contribution in [0.5, 0.6) is 0 Å².